The Morgan fingerprint density at radius 3 is 2.42 bits per heavy atom. The number of hydrogen-bond acceptors (Lipinski definition) is 4. The molecule has 2 saturated heterocycles. The summed E-state index contributed by atoms with van der Waals surface area (Å²) in [6.45, 7) is 6.64. The van der Waals surface area contributed by atoms with Gasteiger partial charge in [-0.2, -0.15) is 0 Å². The molecule has 2 aliphatic heterocycles. The van der Waals surface area contributed by atoms with E-state index in [0.29, 0.717) is 13.1 Å². The summed E-state index contributed by atoms with van der Waals surface area (Å²) in [7, 11) is -3.21. The molecule has 1 aromatic carbocycles. The first-order valence-corrected chi connectivity index (χ1v) is 11.1. The molecule has 0 radical (unpaired) electrons. The molecular formula is C19H29N3O3S. The first-order valence-electron chi connectivity index (χ1n) is 9.52. The maximum absolute atomic E-state index is 12.9. The Labute approximate surface area is 156 Å². The lowest BCUT2D eigenvalue weighted by Gasteiger charge is -2.38. The highest BCUT2D eigenvalue weighted by atomic mass is 32.2. The van der Waals surface area contributed by atoms with Crippen molar-refractivity contribution < 1.29 is 13.2 Å². The fourth-order valence-corrected chi connectivity index (χ4v) is 4.98. The van der Waals surface area contributed by atoms with Crippen LogP contribution in [0.15, 0.2) is 30.3 Å². The lowest BCUT2D eigenvalue weighted by molar-refractivity contribution is -0.138. The van der Waals surface area contributed by atoms with Gasteiger partial charge in [0.15, 0.2) is 0 Å². The molecule has 0 saturated carbocycles. The number of piperazine rings is 1. The summed E-state index contributed by atoms with van der Waals surface area (Å²) in [5.41, 5.74) is 1.29. The van der Waals surface area contributed by atoms with Gasteiger partial charge in [0.2, 0.25) is 15.9 Å². The number of hydrogen-bond donors (Lipinski definition) is 0. The van der Waals surface area contributed by atoms with Crippen LogP contribution in [0, 0.1) is 5.92 Å². The summed E-state index contributed by atoms with van der Waals surface area (Å²) in [4.78, 5) is 17.2. The van der Waals surface area contributed by atoms with Crippen molar-refractivity contribution in [2.24, 2.45) is 5.92 Å². The number of nitrogens with zero attached hydrogens (tertiary/aromatic N) is 3. The second-order valence-corrected chi connectivity index (χ2v) is 9.44. The molecule has 0 bridgehead atoms. The zero-order valence-corrected chi connectivity index (χ0v) is 16.3. The maximum Gasteiger partial charge on any atom is 0.227 e. The predicted molar refractivity (Wildman–Crippen MR) is 102 cm³/mol. The van der Waals surface area contributed by atoms with Crippen LogP contribution in [0.2, 0.25) is 0 Å². The van der Waals surface area contributed by atoms with Crippen molar-refractivity contribution in [3.63, 3.8) is 0 Å². The van der Waals surface area contributed by atoms with Crippen molar-refractivity contribution in [1.82, 2.24) is 14.1 Å². The van der Waals surface area contributed by atoms with Crippen LogP contribution in [-0.4, -0.2) is 73.5 Å². The number of rotatable bonds is 5. The topological polar surface area (TPSA) is 60.9 Å². The molecule has 2 aliphatic rings. The molecule has 0 aliphatic carbocycles. The van der Waals surface area contributed by atoms with Gasteiger partial charge in [0.1, 0.15) is 0 Å². The van der Waals surface area contributed by atoms with Crippen molar-refractivity contribution in [3.8, 4) is 0 Å². The molecule has 26 heavy (non-hydrogen) atoms. The normalized spacial score (nSPS) is 23.1. The summed E-state index contributed by atoms with van der Waals surface area (Å²) >= 11 is 0. The van der Waals surface area contributed by atoms with E-state index in [1.807, 2.05) is 23.1 Å². The van der Waals surface area contributed by atoms with E-state index >= 15 is 0 Å². The number of piperidine rings is 1. The Morgan fingerprint density at radius 1 is 1.08 bits per heavy atom. The van der Waals surface area contributed by atoms with E-state index in [-0.39, 0.29) is 17.6 Å². The van der Waals surface area contributed by atoms with E-state index in [1.54, 1.807) is 6.92 Å². The average molecular weight is 380 g/mol. The molecule has 6 nitrogen and oxygen atoms in total. The third kappa shape index (κ3) is 4.64. The van der Waals surface area contributed by atoms with Crippen molar-refractivity contribution in [2.45, 2.75) is 26.3 Å². The standard InChI is InChI=1S/C19H29N3O3S/c1-2-26(24,25)22-10-6-9-18(16-22)19(23)21-13-11-20(12-14-21)15-17-7-4-3-5-8-17/h3-5,7-8,18H,2,6,9-16H2,1H3/t18-/m1/s1. The molecule has 0 N–H and O–H groups in total. The third-order valence-corrected chi connectivity index (χ3v) is 7.27. The molecule has 3 rings (SSSR count). The lowest BCUT2D eigenvalue weighted by atomic mass is 9.97. The Bertz CT molecular complexity index is 700. The molecule has 144 valence electrons. The summed E-state index contributed by atoms with van der Waals surface area (Å²) < 4.78 is 25.7. The Hall–Kier alpha value is -1.44. The van der Waals surface area contributed by atoms with E-state index < -0.39 is 10.0 Å². The Kier molecular flexibility index (Phi) is 6.32. The van der Waals surface area contributed by atoms with Gasteiger partial charge in [0.05, 0.1) is 11.7 Å². The lowest BCUT2D eigenvalue weighted by Crippen LogP contribution is -2.52. The summed E-state index contributed by atoms with van der Waals surface area (Å²) in [5, 5.41) is 0. The Morgan fingerprint density at radius 2 is 1.77 bits per heavy atom. The fourth-order valence-electron chi connectivity index (χ4n) is 3.81. The highest BCUT2D eigenvalue weighted by Crippen LogP contribution is 2.22. The minimum absolute atomic E-state index is 0.103. The van der Waals surface area contributed by atoms with Gasteiger partial charge in [0.25, 0.3) is 0 Å². The molecule has 2 fully saturated rings. The van der Waals surface area contributed by atoms with Crippen LogP contribution in [0.4, 0.5) is 0 Å². The van der Waals surface area contributed by atoms with E-state index in [4.69, 9.17) is 0 Å². The first-order chi connectivity index (χ1) is 12.5. The predicted octanol–water partition coefficient (Wildman–Crippen LogP) is 1.39. The van der Waals surface area contributed by atoms with Gasteiger partial charge >= 0.3 is 0 Å². The van der Waals surface area contributed by atoms with Crippen molar-refractivity contribution >= 4 is 15.9 Å². The van der Waals surface area contributed by atoms with E-state index in [1.165, 1.54) is 9.87 Å². The van der Waals surface area contributed by atoms with Crippen LogP contribution in [0.5, 0.6) is 0 Å². The second-order valence-electron chi connectivity index (χ2n) is 7.18. The number of benzene rings is 1. The number of sulfonamides is 1. The largest absolute Gasteiger partial charge is 0.340 e. The Balaban J connectivity index is 1.52. The third-order valence-electron chi connectivity index (χ3n) is 5.42. The fraction of sp³-hybridized carbons (Fsp3) is 0.632. The quantitative estimate of drug-likeness (QED) is 0.776. The number of carbonyl (C=O) groups excluding carboxylic acids is 1. The molecule has 0 unspecified atom stereocenters. The molecule has 1 atom stereocenters. The van der Waals surface area contributed by atoms with E-state index in [9.17, 15) is 13.2 Å². The smallest absolute Gasteiger partial charge is 0.227 e. The van der Waals surface area contributed by atoms with Gasteiger partial charge < -0.3 is 4.90 Å². The molecule has 1 amide bonds. The number of amides is 1. The minimum atomic E-state index is -3.21. The van der Waals surface area contributed by atoms with Crippen LogP contribution in [0.25, 0.3) is 0 Å². The van der Waals surface area contributed by atoms with Gasteiger partial charge in [0, 0.05) is 45.8 Å². The van der Waals surface area contributed by atoms with Gasteiger partial charge in [-0.15, -0.1) is 0 Å². The first kappa shape index (κ1) is 19.3. The maximum atomic E-state index is 12.9. The monoisotopic (exact) mass is 379 g/mol. The minimum Gasteiger partial charge on any atom is -0.340 e. The second kappa shape index (κ2) is 8.50. The molecule has 7 heteroatoms. The van der Waals surface area contributed by atoms with Gasteiger partial charge in [-0.3, -0.25) is 9.69 Å². The molecule has 1 aromatic rings. The van der Waals surface area contributed by atoms with Crippen LogP contribution in [0.3, 0.4) is 0 Å². The number of carbonyl (C=O) groups is 1. The zero-order valence-electron chi connectivity index (χ0n) is 15.5. The summed E-state index contributed by atoms with van der Waals surface area (Å²) in [6.07, 6.45) is 1.56. The molecule has 0 aromatic heterocycles. The van der Waals surface area contributed by atoms with Gasteiger partial charge in [-0.25, -0.2) is 12.7 Å². The van der Waals surface area contributed by atoms with Crippen LogP contribution in [-0.2, 0) is 21.4 Å². The van der Waals surface area contributed by atoms with Gasteiger partial charge in [-0.05, 0) is 25.3 Å². The molecule has 2 heterocycles. The van der Waals surface area contributed by atoms with Crippen molar-refractivity contribution in [2.75, 3.05) is 45.0 Å². The molecule has 0 spiro atoms. The summed E-state index contributed by atoms with van der Waals surface area (Å²) in [6, 6.07) is 10.4. The van der Waals surface area contributed by atoms with Crippen molar-refractivity contribution in [3.05, 3.63) is 35.9 Å². The van der Waals surface area contributed by atoms with E-state index in [2.05, 4.69) is 17.0 Å². The van der Waals surface area contributed by atoms with Crippen molar-refractivity contribution in [1.29, 1.82) is 0 Å². The van der Waals surface area contributed by atoms with Crippen LogP contribution >= 0.6 is 0 Å². The zero-order chi connectivity index (χ0) is 18.6. The molecular weight excluding hydrogens is 350 g/mol. The van der Waals surface area contributed by atoms with Crippen LogP contribution in [0.1, 0.15) is 25.3 Å². The van der Waals surface area contributed by atoms with E-state index in [0.717, 1.165) is 45.6 Å². The average Bonchev–Trinajstić information content (AvgIpc) is 2.69. The summed E-state index contributed by atoms with van der Waals surface area (Å²) in [5.74, 6) is 0.0395. The van der Waals surface area contributed by atoms with Crippen LogP contribution < -0.4 is 0 Å². The highest BCUT2D eigenvalue weighted by molar-refractivity contribution is 7.89. The van der Waals surface area contributed by atoms with Gasteiger partial charge in [-0.1, -0.05) is 30.3 Å². The highest BCUT2D eigenvalue weighted by Gasteiger charge is 2.34. The SMILES string of the molecule is CCS(=O)(=O)N1CCC[C@@H](C(=O)N2CCN(Cc3ccccc3)CC2)C1.